The Labute approximate surface area is 199 Å². The fourth-order valence-corrected chi connectivity index (χ4v) is 17.5. The number of benzene rings is 3. The molecule has 5 rings (SSSR count). The van der Waals surface area contributed by atoms with Gasteiger partial charge in [0, 0.05) is 0 Å². The summed E-state index contributed by atoms with van der Waals surface area (Å²) in [7, 11) is 0. The Morgan fingerprint density at radius 2 is 1.27 bits per heavy atom. The number of hydrogen-bond acceptors (Lipinski definition) is 0. The van der Waals surface area contributed by atoms with E-state index >= 15 is 0 Å². The summed E-state index contributed by atoms with van der Waals surface area (Å²) < 4.78 is 4.08. The summed E-state index contributed by atoms with van der Waals surface area (Å²) in [5.74, 6) is 0. The molecule has 3 aromatic carbocycles. The summed E-state index contributed by atoms with van der Waals surface area (Å²) in [4.78, 5) is 0. The minimum atomic E-state index is -2.34. The zero-order valence-electron chi connectivity index (χ0n) is 17.2. The Bertz CT molecular complexity index is 1110. The van der Waals surface area contributed by atoms with Crippen molar-refractivity contribution >= 4 is 8.83 Å². The fraction of sp³-hybridized carbons (Fsp3) is 0.148. The van der Waals surface area contributed by atoms with E-state index in [-0.39, 0.29) is 24.8 Å². The number of hydrogen-bond donors (Lipinski definition) is 0. The second kappa shape index (κ2) is 9.73. The van der Waals surface area contributed by atoms with Gasteiger partial charge in [0.2, 0.25) is 0 Å². The molecule has 0 aromatic heterocycles. The van der Waals surface area contributed by atoms with Gasteiger partial charge in [0.25, 0.3) is 0 Å². The zero-order valence-corrected chi connectivity index (χ0v) is 22.3. The van der Waals surface area contributed by atoms with E-state index in [0.29, 0.717) is 3.67 Å². The molecule has 0 fully saturated rings. The van der Waals surface area contributed by atoms with Crippen LogP contribution in [0.15, 0.2) is 94.3 Å². The molecule has 2 aliphatic rings. The van der Waals surface area contributed by atoms with Crippen LogP contribution in [0.4, 0.5) is 0 Å². The van der Waals surface area contributed by atoms with Crippen LogP contribution >= 0.6 is 0 Å². The van der Waals surface area contributed by atoms with Crippen molar-refractivity contribution < 1.29 is 45.8 Å². The van der Waals surface area contributed by atoms with E-state index in [1.165, 1.54) is 22.3 Å². The first-order valence-corrected chi connectivity index (χ1v) is 15.7. The van der Waals surface area contributed by atoms with Crippen LogP contribution in [0.1, 0.15) is 40.6 Å². The van der Waals surface area contributed by atoms with Crippen LogP contribution in [0, 0.1) is 0 Å². The van der Waals surface area contributed by atoms with Crippen molar-refractivity contribution in [2.45, 2.75) is 23.9 Å². The van der Waals surface area contributed by atoms with Gasteiger partial charge in [-0.25, -0.2) is 0 Å². The molecule has 0 amide bonds. The molecule has 0 unspecified atom stereocenters. The third-order valence-electron chi connectivity index (χ3n) is 6.00. The number of allylic oxidation sites excluding steroid dienone is 4. The van der Waals surface area contributed by atoms with Crippen molar-refractivity contribution in [3.05, 3.63) is 111 Å². The Morgan fingerprint density at radius 3 is 1.83 bits per heavy atom. The Kier molecular flexibility index (Phi) is 7.50. The Morgan fingerprint density at radius 1 is 0.733 bits per heavy atom. The maximum Gasteiger partial charge on any atom is -1.00 e. The molecule has 0 radical (unpaired) electrons. The van der Waals surface area contributed by atoms with Crippen LogP contribution in [-0.2, 0) is 21.0 Å². The molecule has 2 aliphatic carbocycles. The predicted octanol–water partition coefficient (Wildman–Crippen LogP) is 0.966. The summed E-state index contributed by atoms with van der Waals surface area (Å²) in [6, 6.07) is 29.3. The van der Waals surface area contributed by atoms with Gasteiger partial charge < -0.3 is 24.8 Å². The molecule has 0 saturated heterocycles. The third kappa shape index (κ3) is 3.88. The molecule has 0 heterocycles. The van der Waals surface area contributed by atoms with Crippen molar-refractivity contribution in [3.8, 4) is 11.1 Å². The van der Waals surface area contributed by atoms with Gasteiger partial charge in [0.1, 0.15) is 0 Å². The second-order valence-electron chi connectivity index (χ2n) is 7.89. The minimum absolute atomic E-state index is 0. The van der Waals surface area contributed by atoms with Crippen molar-refractivity contribution in [2.24, 2.45) is 0 Å². The van der Waals surface area contributed by atoms with Crippen molar-refractivity contribution in [2.75, 3.05) is 0 Å². The summed E-state index contributed by atoms with van der Waals surface area (Å²) in [5.41, 5.74) is 8.94. The van der Waals surface area contributed by atoms with Gasteiger partial charge in [-0.15, -0.1) is 0 Å². The normalized spacial score (nSPS) is 13.6. The molecule has 0 saturated carbocycles. The second-order valence-corrected chi connectivity index (χ2v) is 18.7. The van der Waals surface area contributed by atoms with Crippen molar-refractivity contribution in [3.63, 3.8) is 0 Å². The van der Waals surface area contributed by atoms with Crippen molar-refractivity contribution in [1.82, 2.24) is 0 Å². The summed E-state index contributed by atoms with van der Waals surface area (Å²) in [5, 5.41) is 0. The van der Waals surface area contributed by atoms with E-state index in [1.54, 1.807) is 17.7 Å². The van der Waals surface area contributed by atoms with Gasteiger partial charge in [-0.2, -0.15) is 0 Å². The van der Waals surface area contributed by atoms with Gasteiger partial charge in [-0.05, 0) is 0 Å². The average Bonchev–Trinajstić information content (AvgIpc) is 3.33. The van der Waals surface area contributed by atoms with E-state index < -0.39 is 21.0 Å². The van der Waals surface area contributed by atoms with E-state index in [9.17, 15) is 0 Å². The fourth-order valence-electron chi connectivity index (χ4n) is 4.88. The molecule has 150 valence electrons. The van der Waals surface area contributed by atoms with Crippen molar-refractivity contribution in [1.29, 1.82) is 0 Å². The van der Waals surface area contributed by atoms with E-state index in [4.69, 9.17) is 0 Å². The topological polar surface area (TPSA) is 0 Å². The van der Waals surface area contributed by atoms with Crippen LogP contribution in [0.5, 0.6) is 0 Å². The Balaban J connectivity index is 0.00000128. The minimum Gasteiger partial charge on any atom is -1.00 e. The monoisotopic (exact) mass is 598 g/mol. The first kappa shape index (κ1) is 23.1. The first-order chi connectivity index (χ1) is 13.8. The maximum absolute atomic E-state index is 2.40. The third-order valence-corrected chi connectivity index (χ3v) is 18.2. The van der Waals surface area contributed by atoms with Crippen LogP contribution in [-0.4, -0.2) is 3.26 Å². The molecular weight excluding hydrogens is 574 g/mol. The molecular formula is C27H24Cl2Hf. The molecule has 0 aliphatic heterocycles. The van der Waals surface area contributed by atoms with Gasteiger partial charge in [0.05, 0.1) is 0 Å². The first-order valence-electron chi connectivity index (χ1n) is 10.1. The smallest absolute Gasteiger partial charge is 1.00 e. The quantitative estimate of drug-likeness (QED) is 0.395. The van der Waals surface area contributed by atoms with Crippen LogP contribution in [0.25, 0.3) is 16.7 Å². The van der Waals surface area contributed by atoms with Gasteiger partial charge >= 0.3 is 176 Å². The molecule has 0 N–H and O–H groups in total. The summed E-state index contributed by atoms with van der Waals surface area (Å²) in [6.45, 7) is 4.80. The van der Waals surface area contributed by atoms with Gasteiger partial charge in [0.15, 0.2) is 0 Å². The van der Waals surface area contributed by atoms with E-state index in [2.05, 4.69) is 105 Å². The average molecular weight is 598 g/mol. The standard InChI is InChI=1S/C13H9.C11H9.C3H6.2ClH.Hf/c1-3-7-12-10(5-1)9-11-6-2-4-8-13(11)12;1-2-6-10(7-3-1)11-8-4-5-9-11;1-3-2;;;/h1-9H;1-4,6-8H,5H2;1-2H3;2*1H;/q;;;;;+2/p-2. The van der Waals surface area contributed by atoms with Crippen LogP contribution in [0.3, 0.4) is 0 Å². The number of halogens is 2. The molecule has 30 heavy (non-hydrogen) atoms. The van der Waals surface area contributed by atoms with E-state index in [1.807, 2.05) is 0 Å². The molecule has 0 spiro atoms. The largest absolute Gasteiger partial charge is 1.00 e. The van der Waals surface area contributed by atoms with Crippen LogP contribution < -0.4 is 24.8 Å². The molecule has 0 atom stereocenters. The SMILES string of the molecule is C[C](C)=[Hf+2]([C]1=C(c2ccccc2)C=CC1)[CH]1c2ccccc2-c2ccccc21.[Cl-].[Cl-]. The number of fused-ring (bicyclic) bond motifs is 3. The molecule has 3 aromatic rings. The molecule has 3 heteroatoms. The zero-order chi connectivity index (χ0) is 19.1. The Hall–Kier alpha value is -1.54. The molecule has 0 bridgehead atoms. The maximum atomic E-state index is 2.40. The van der Waals surface area contributed by atoms with Crippen LogP contribution in [0.2, 0.25) is 0 Å². The van der Waals surface area contributed by atoms with Gasteiger partial charge in [-0.1, -0.05) is 0 Å². The molecule has 0 nitrogen and oxygen atoms in total. The van der Waals surface area contributed by atoms with E-state index in [0.717, 1.165) is 6.42 Å². The van der Waals surface area contributed by atoms with Gasteiger partial charge in [-0.3, -0.25) is 0 Å². The predicted molar refractivity (Wildman–Crippen MR) is 117 cm³/mol. The summed E-state index contributed by atoms with van der Waals surface area (Å²) >= 11 is -2.34. The number of rotatable bonds is 3. The summed E-state index contributed by atoms with van der Waals surface area (Å²) in [6.07, 6.45) is 5.90.